The third-order valence-electron chi connectivity index (χ3n) is 4.02. The van der Waals surface area contributed by atoms with Gasteiger partial charge in [-0.1, -0.05) is 24.3 Å². The van der Waals surface area contributed by atoms with Crippen LogP contribution >= 0.6 is 24.0 Å². The molecule has 0 aliphatic carbocycles. The van der Waals surface area contributed by atoms with E-state index >= 15 is 0 Å². The molecule has 2 rings (SSSR count). The van der Waals surface area contributed by atoms with Crippen molar-refractivity contribution in [3.8, 4) is 5.75 Å². The van der Waals surface area contributed by atoms with Gasteiger partial charge in [0.15, 0.2) is 12.6 Å². The fraction of sp³-hybridized carbons (Fsp3) is 0.333. The monoisotopic (exact) mass is 550 g/mol. The number of nitrogens with one attached hydrogen (secondary N) is 3. The van der Waals surface area contributed by atoms with Crippen molar-refractivity contribution >= 4 is 35.8 Å². The fourth-order valence-electron chi connectivity index (χ4n) is 2.50. The molecule has 0 unspecified atom stereocenters. The quantitative estimate of drug-likeness (QED) is 0.265. The minimum atomic E-state index is -4.36. The van der Waals surface area contributed by atoms with Crippen molar-refractivity contribution in [3.63, 3.8) is 0 Å². The molecule has 31 heavy (non-hydrogen) atoms. The summed E-state index contributed by atoms with van der Waals surface area (Å²) in [4.78, 5) is 15.9. The summed E-state index contributed by atoms with van der Waals surface area (Å²) in [5.41, 5.74) is 2.45. The average Bonchev–Trinajstić information content (AvgIpc) is 2.73. The largest absolute Gasteiger partial charge is 0.484 e. The van der Waals surface area contributed by atoms with Crippen molar-refractivity contribution in [2.75, 3.05) is 20.2 Å². The Hall–Kier alpha value is -2.50. The molecule has 0 bridgehead atoms. The summed E-state index contributed by atoms with van der Waals surface area (Å²) in [6.45, 7) is 2.08. The molecule has 0 fully saturated rings. The van der Waals surface area contributed by atoms with Crippen LogP contribution in [0.25, 0.3) is 0 Å². The zero-order valence-electron chi connectivity index (χ0n) is 17.3. The number of amides is 1. The Morgan fingerprint density at radius 3 is 1.90 bits per heavy atom. The van der Waals surface area contributed by atoms with Gasteiger partial charge in [-0.15, -0.1) is 24.0 Å². The van der Waals surface area contributed by atoms with Crippen LogP contribution in [-0.4, -0.2) is 38.2 Å². The minimum Gasteiger partial charge on any atom is -0.484 e. The maximum atomic E-state index is 12.2. The highest BCUT2D eigenvalue weighted by atomic mass is 127. The van der Waals surface area contributed by atoms with Gasteiger partial charge in [0.25, 0.3) is 5.91 Å². The summed E-state index contributed by atoms with van der Waals surface area (Å²) in [6, 6.07) is 13.6. The van der Waals surface area contributed by atoms with Crippen LogP contribution in [0.15, 0.2) is 53.5 Å². The first-order valence-corrected chi connectivity index (χ1v) is 9.41. The number of hydrogen-bond acceptors (Lipinski definition) is 3. The normalized spacial score (nSPS) is 11.3. The van der Waals surface area contributed by atoms with E-state index in [0.717, 1.165) is 11.1 Å². The third-order valence-corrected chi connectivity index (χ3v) is 4.02. The Kier molecular flexibility index (Phi) is 11.2. The summed E-state index contributed by atoms with van der Waals surface area (Å²) in [6.07, 6.45) is -4.36. The van der Waals surface area contributed by atoms with E-state index in [1.807, 2.05) is 19.1 Å². The number of carbonyl (C=O) groups is 1. The Morgan fingerprint density at radius 2 is 1.45 bits per heavy atom. The van der Waals surface area contributed by atoms with E-state index in [0.29, 0.717) is 31.2 Å². The van der Waals surface area contributed by atoms with Gasteiger partial charge in [0, 0.05) is 32.2 Å². The van der Waals surface area contributed by atoms with Gasteiger partial charge in [-0.2, -0.15) is 13.2 Å². The second-order valence-electron chi connectivity index (χ2n) is 6.38. The van der Waals surface area contributed by atoms with E-state index in [1.54, 1.807) is 31.3 Å². The van der Waals surface area contributed by atoms with E-state index < -0.39 is 12.8 Å². The van der Waals surface area contributed by atoms with Crippen LogP contribution in [0.2, 0.25) is 0 Å². The predicted molar refractivity (Wildman–Crippen MR) is 125 cm³/mol. The van der Waals surface area contributed by atoms with Crippen molar-refractivity contribution in [2.45, 2.75) is 26.2 Å². The lowest BCUT2D eigenvalue weighted by Crippen LogP contribution is -2.36. The van der Waals surface area contributed by atoms with Gasteiger partial charge < -0.3 is 20.7 Å². The Labute approximate surface area is 196 Å². The first kappa shape index (κ1) is 26.5. The molecule has 0 saturated heterocycles. The van der Waals surface area contributed by atoms with Gasteiger partial charge in [0.2, 0.25) is 0 Å². The van der Waals surface area contributed by atoms with Crippen molar-refractivity contribution in [3.05, 3.63) is 65.2 Å². The second kappa shape index (κ2) is 13.0. The number of hydrogen-bond donors (Lipinski definition) is 3. The molecule has 3 N–H and O–H groups in total. The van der Waals surface area contributed by atoms with Crippen LogP contribution < -0.4 is 20.7 Å². The van der Waals surface area contributed by atoms with E-state index in [2.05, 4.69) is 25.7 Å². The lowest BCUT2D eigenvalue weighted by molar-refractivity contribution is -0.153. The van der Waals surface area contributed by atoms with Crippen LogP contribution in [0.1, 0.15) is 28.4 Å². The first-order valence-electron chi connectivity index (χ1n) is 9.41. The summed E-state index contributed by atoms with van der Waals surface area (Å²) in [5.74, 6) is 0.624. The van der Waals surface area contributed by atoms with Gasteiger partial charge in [-0.3, -0.25) is 9.79 Å². The highest BCUT2D eigenvalue weighted by Crippen LogP contribution is 2.18. The van der Waals surface area contributed by atoms with Gasteiger partial charge in [-0.25, -0.2) is 0 Å². The van der Waals surface area contributed by atoms with Gasteiger partial charge in [0.05, 0.1) is 0 Å². The van der Waals surface area contributed by atoms with E-state index in [9.17, 15) is 18.0 Å². The molecule has 170 valence electrons. The molecule has 6 nitrogen and oxygen atoms in total. The van der Waals surface area contributed by atoms with Gasteiger partial charge in [-0.05, 0) is 42.3 Å². The molecule has 0 spiro atoms. The molecule has 0 aliphatic rings. The maximum Gasteiger partial charge on any atom is 0.422 e. The smallest absolute Gasteiger partial charge is 0.422 e. The number of rotatable bonds is 8. The summed E-state index contributed by atoms with van der Waals surface area (Å²) in [7, 11) is 1.64. The standard InChI is InChI=1S/C21H25F3N4O2.HI/c1-3-26-19(29)17-8-4-15(5-9-17)12-27-20(25-2)28-13-16-6-10-18(11-7-16)30-14-21(22,23)24;/h4-11H,3,12-14H2,1-2H3,(H,26,29)(H2,25,27,28);1H. The number of alkyl halides is 3. The highest BCUT2D eigenvalue weighted by molar-refractivity contribution is 14.0. The topological polar surface area (TPSA) is 74.8 Å². The van der Waals surface area contributed by atoms with E-state index in [1.165, 1.54) is 12.1 Å². The number of guanidine groups is 1. The summed E-state index contributed by atoms with van der Waals surface area (Å²) < 4.78 is 41.2. The zero-order chi connectivity index (χ0) is 22.0. The molecule has 0 aliphatic heterocycles. The number of halogens is 4. The van der Waals surface area contributed by atoms with Crippen LogP contribution in [0.4, 0.5) is 13.2 Å². The fourth-order valence-corrected chi connectivity index (χ4v) is 2.50. The highest BCUT2D eigenvalue weighted by Gasteiger charge is 2.28. The zero-order valence-corrected chi connectivity index (χ0v) is 19.6. The van der Waals surface area contributed by atoms with Crippen LogP contribution in [0.3, 0.4) is 0 Å². The Bertz CT molecular complexity index is 841. The molecule has 0 heterocycles. The molecule has 0 aromatic heterocycles. The number of aliphatic imine (C=N–C) groups is 1. The number of nitrogens with zero attached hydrogens (tertiary/aromatic N) is 1. The molecule has 0 radical (unpaired) electrons. The lowest BCUT2D eigenvalue weighted by atomic mass is 10.1. The van der Waals surface area contributed by atoms with Gasteiger partial charge in [0.1, 0.15) is 5.75 Å². The number of benzene rings is 2. The van der Waals surface area contributed by atoms with Crippen molar-refractivity contribution < 1.29 is 22.7 Å². The molecule has 2 aromatic carbocycles. The van der Waals surface area contributed by atoms with Crippen LogP contribution in [-0.2, 0) is 13.1 Å². The van der Waals surface area contributed by atoms with E-state index in [-0.39, 0.29) is 35.6 Å². The Balaban J connectivity index is 0.00000480. The van der Waals surface area contributed by atoms with Gasteiger partial charge >= 0.3 is 6.18 Å². The Morgan fingerprint density at radius 1 is 0.935 bits per heavy atom. The first-order chi connectivity index (χ1) is 14.3. The summed E-state index contributed by atoms with van der Waals surface area (Å²) >= 11 is 0. The van der Waals surface area contributed by atoms with Crippen LogP contribution in [0.5, 0.6) is 5.75 Å². The molecule has 1 amide bonds. The molecule has 10 heteroatoms. The van der Waals surface area contributed by atoms with Crippen LogP contribution in [0, 0.1) is 0 Å². The lowest BCUT2D eigenvalue weighted by Gasteiger charge is -2.13. The molecular formula is C21H26F3IN4O2. The predicted octanol–water partition coefficient (Wildman–Crippen LogP) is 3.86. The third kappa shape index (κ3) is 9.90. The SMILES string of the molecule is CCNC(=O)c1ccc(CNC(=NC)NCc2ccc(OCC(F)(F)F)cc2)cc1.I. The molecule has 2 aromatic rings. The van der Waals surface area contributed by atoms with E-state index in [4.69, 9.17) is 0 Å². The van der Waals surface area contributed by atoms with Crippen molar-refractivity contribution in [1.82, 2.24) is 16.0 Å². The summed E-state index contributed by atoms with van der Waals surface area (Å²) in [5, 5.41) is 9.05. The van der Waals surface area contributed by atoms with Crippen molar-refractivity contribution in [2.24, 2.45) is 4.99 Å². The average molecular weight is 550 g/mol. The maximum absolute atomic E-state index is 12.2. The number of carbonyl (C=O) groups excluding carboxylic acids is 1. The number of ether oxygens (including phenoxy) is 1. The second-order valence-corrected chi connectivity index (χ2v) is 6.38. The molecular weight excluding hydrogens is 524 g/mol. The minimum absolute atomic E-state index is 0. The van der Waals surface area contributed by atoms with Crippen molar-refractivity contribution in [1.29, 1.82) is 0 Å². The molecule has 0 atom stereocenters. The molecule has 0 saturated carbocycles.